The standard InChI is InChI=1S/C15H32N4O/c1-13(11-19-8-6-5-7-9-19)10-17-15(16-3)18-14(2)12-20-4/h13-14H,5-12H2,1-4H3,(H2,16,17,18). The summed E-state index contributed by atoms with van der Waals surface area (Å²) in [5.41, 5.74) is 0. The van der Waals surface area contributed by atoms with E-state index in [0.29, 0.717) is 12.5 Å². The number of ether oxygens (including phenoxy) is 1. The number of piperidine rings is 1. The van der Waals surface area contributed by atoms with Crippen molar-refractivity contribution in [3.8, 4) is 0 Å². The third-order valence-corrected chi connectivity index (χ3v) is 3.66. The highest BCUT2D eigenvalue weighted by atomic mass is 16.5. The lowest BCUT2D eigenvalue weighted by Crippen LogP contribution is -2.46. The maximum atomic E-state index is 5.12. The van der Waals surface area contributed by atoms with Crippen molar-refractivity contribution in [1.82, 2.24) is 15.5 Å². The molecule has 20 heavy (non-hydrogen) atoms. The van der Waals surface area contributed by atoms with Crippen LogP contribution >= 0.6 is 0 Å². The zero-order valence-corrected chi connectivity index (χ0v) is 13.6. The maximum absolute atomic E-state index is 5.12. The lowest BCUT2D eigenvalue weighted by atomic mass is 10.1. The number of likely N-dealkylation sites (tertiary alicyclic amines) is 1. The summed E-state index contributed by atoms with van der Waals surface area (Å²) in [4.78, 5) is 6.84. The second-order valence-corrected chi connectivity index (χ2v) is 5.92. The average Bonchev–Trinajstić information content (AvgIpc) is 2.44. The molecule has 118 valence electrons. The first kappa shape index (κ1) is 17.2. The van der Waals surface area contributed by atoms with E-state index >= 15 is 0 Å². The molecule has 5 nitrogen and oxygen atoms in total. The molecular formula is C15H32N4O. The van der Waals surface area contributed by atoms with Crippen LogP contribution in [-0.4, -0.2) is 63.8 Å². The van der Waals surface area contributed by atoms with Gasteiger partial charge in [-0.2, -0.15) is 0 Å². The van der Waals surface area contributed by atoms with Crippen LogP contribution in [0, 0.1) is 5.92 Å². The number of nitrogens with one attached hydrogen (secondary N) is 2. The van der Waals surface area contributed by atoms with E-state index in [9.17, 15) is 0 Å². The lowest BCUT2D eigenvalue weighted by molar-refractivity contribution is 0.178. The monoisotopic (exact) mass is 284 g/mol. The molecule has 1 fully saturated rings. The van der Waals surface area contributed by atoms with Gasteiger partial charge in [0, 0.05) is 33.3 Å². The third-order valence-electron chi connectivity index (χ3n) is 3.66. The Hall–Kier alpha value is -0.810. The molecule has 1 saturated heterocycles. The van der Waals surface area contributed by atoms with Gasteiger partial charge in [0.15, 0.2) is 5.96 Å². The molecular weight excluding hydrogens is 252 g/mol. The molecule has 1 heterocycles. The Morgan fingerprint density at radius 1 is 1.25 bits per heavy atom. The number of methoxy groups -OCH3 is 1. The van der Waals surface area contributed by atoms with Crippen LogP contribution < -0.4 is 10.6 Å². The summed E-state index contributed by atoms with van der Waals surface area (Å²) in [6.45, 7) is 9.74. The van der Waals surface area contributed by atoms with E-state index in [1.54, 1.807) is 7.11 Å². The van der Waals surface area contributed by atoms with Gasteiger partial charge < -0.3 is 20.3 Å². The second-order valence-electron chi connectivity index (χ2n) is 5.92. The van der Waals surface area contributed by atoms with Crippen LogP contribution in [0.4, 0.5) is 0 Å². The zero-order valence-electron chi connectivity index (χ0n) is 13.6. The van der Waals surface area contributed by atoms with Gasteiger partial charge in [-0.25, -0.2) is 0 Å². The number of rotatable bonds is 7. The molecule has 0 bridgehead atoms. The molecule has 0 aromatic heterocycles. The summed E-state index contributed by atoms with van der Waals surface area (Å²) in [7, 11) is 3.53. The summed E-state index contributed by atoms with van der Waals surface area (Å²) >= 11 is 0. The van der Waals surface area contributed by atoms with Crippen molar-refractivity contribution in [2.45, 2.75) is 39.2 Å². The Kier molecular flexibility index (Phi) is 8.62. The molecule has 2 N–H and O–H groups in total. The Morgan fingerprint density at radius 3 is 2.55 bits per heavy atom. The lowest BCUT2D eigenvalue weighted by Gasteiger charge is -2.29. The van der Waals surface area contributed by atoms with Gasteiger partial charge in [0.05, 0.1) is 6.61 Å². The van der Waals surface area contributed by atoms with Crippen molar-refractivity contribution in [2.75, 3.05) is 46.9 Å². The number of hydrogen-bond acceptors (Lipinski definition) is 3. The van der Waals surface area contributed by atoms with Crippen molar-refractivity contribution in [3.05, 3.63) is 0 Å². The van der Waals surface area contributed by atoms with E-state index in [1.165, 1.54) is 38.9 Å². The van der Waals surface area contributed by atoms with E-state index in [4.69, 9.17) is 4.74 Å². The van der Waals surface area contributed by atoms with E-state index in [1.807, 2.05) is 7.05 Å². The van der Waals surface area contributed by atoms with Crippen molar-refractivity contribution in [3.63, 3.8) is 0 Å². The fourth-order valence-corrected chi connectivity index (χ4v) is 2.64. The summed E-state index contributed by atoms with van der Waals surface area (Å²) in [5, 5.41) is 6.73. The normalized spacial score (nSPS) is 20.5. The Balaban J connectivity index is 2.21. The minimum atomic E-state index is 0.267. The summed E-state index contributed by atoms with van der Waals surface area (Å²) in [6, 6.07) is 0.267. The van der Waals surface area contributed by atoms with Crippen molar-refractivity contribution < 1.29 is 4.74 Å². The molecule has 0 saturated carbocycles. The molecule has 1 aliphatic heterocycles. The Morgan fingerprint density at radius 2 is 1.95 bits per heavy atom. The summed E-state index contributed by atoms with van der Waals surface area (Å²) in [5.74, 6) is 1.49. The molecule has 1 aliphatic rings. The van der Waals surface area contributed by atoms with E-state index < -0.39 is 0 Å². The van der Waals surface area contributed by atoms with Gasteiger partial charge in [-0.1, -0.05) is 13.3 Å². The number of nitrogens with zero attached hydrogens (tertiary/aromatic N) is 2. The van der Waals surface area contributed by atoms with Crippen molar-refractivity contribution >= 4 is 5.96 Å². The third kappa shape index (κ3) is 7.10. The van der Waals surface area contributed by atoms with Crippen molar-refractivity contribution in [1.29, 1.82) is 0 Å². The van der Waals surface area contributed by atoms with Gasteiger partial charge >= 0.3 is 0 Å². The molecule has 0 radical (unpaired) electrons. The smallest absolute Gasteiger partial charge is 0.191 e. The second kappa shape index (κ2) is 10.00. The first-order valence-corrected chi connectivity index (χ1v) is 7.84. The molecule has 0 aliphatic carbocycles. The molecule has 0 aromatic carbocycles. The molecule has 5 heteroatoms. The average molecular weight is 284 g/mol. The molecule has 0 spiro atoms. The quantitative estimate of drug-likeness (QED) is 0.547. The van der Waals surface area contributed by atoms with Gasteiger partial charge in [0.2, 0.25) is 0 Å². The van der Waals surface area contributed by atoms with E-state index in [0.717, 1.165) is 12.5 Å². The minimum Gasteiger partial charge on any atom is -0.383 e. The fourth-order valence-electron chi connectivity index (χ4n) is 2.64. The maximum Gasteiger partial charge on any atom is 0.191 e. The van der Waals surface area contributed by atoms with Gasteiger partial charge in [-0.15, -0.1) is 0 Å². The van der Waals surface area contributed by atoms with Crippen LogP contribution in [0.25, 0.3) is 0 Å². The van der Waals surface area contributed by atoms with Crippen LogP contribution in [0.1, 0.15) is 33.1 Å². The van der Waals surface area contributed by atoms with E-state index in [2.05, 4.69) is 34.4 Å². The predicted molar refractivity (Wildman–Crippen MR) is 85.3 cm³/mol. The zero-order chi connectivity index (χ0) is 14.8. The van der Waals surface area contributed by atoms with E-state index in [-0.39, 0.29) is 6.04 Å². The van der Waals surface area contributed by atoms with Gasteiger partial charge in [-0.3, -0.25) is 4.99 Å². The molecule has 0 amide bonds. The van der Waals surface area contributed by atoms with Gasteiger partial charge in [-0.05, 0) is 38.8 Å². The molecule has 1 rings (SSSR count). The molecule has 2 atom stereocenters. The Labute approximate surface area is 124 Å². The largest absolute Gasteiger partial charge is 0.383 e. The summed E-state index contributed by atoms with van der Waals surface area (Å²) in [6.07, 6.45) is 4.12. The van der Waals surface area contributed by atoms with Crippen LogP contribution in [0.3, 0.4) is 0 Å². The number of guanidine groups is 1. The predicted octanol–water partition coefficient (Wildman–Crippen LogP) is 1.31. The number of aliphatic imine (C=N–C) groups is 1. The molecule has 2 unspecified atom stereocenters. The number of hydrogen-bond donors (Lipinski definition) is 2. The van der Waals surface area contributed by atoms with Crippen LogP contribution in [-0.2, 0) is 4.74 Å². The molecule has 0 aromatic rings. The van der Waals surface area contributed by atoms with Crippen molar-refractivity contribution in [2.24, 2.45) is 10.9 Å². The minimum absolute atomic E-state index is 0.267. The topological polar surface area (TPSA) is 48.9 Å². The Bertz CT molecular complexity index is 277. The van der Waals surface area contributed by atoms with Gasteiger partial charge in [0.1, 0.15) is 0 Å². The summed E-state index contributed by atoms with van der Waals surface area (Å²) < 4.78 is 5.12. The first-order chi connectivity index (χ1) is 9.65. The highest BCUT2D eigenvalue weighted by molar-refractivity contribution is 5.79. The first-order valence-electron chi connectivity index (χ1n) is 7.84. The fraction of sp³-hybridized carbons (Fsp3) is 0.933. The SMILES string of the molecule is CN=C(NCC(C)CN1CCCCC1)NC(C)COC. The van der Waals surface area contributed by atoms with Crippen LogP contribution in [0.5, 0.6) is 0 Å². The van der Waals surface area contributed by atoms with Gasteiger partial charge in [0.25, 0.3) is 0 Å². The highest BCUT2D eigenvalue weighted by Crippen LogP contribution is 2.10. The van der Waals surface area contributed by atoms with Crippen LogP contribution in [0.2, 0.25) is 0 Å². The highest BCUT2D eigenvalue weighted by Gasteiger charge is 2.14. The van der Waals surface area contributed by atoms with Crippen LogP contribution in [0.15, 0.2) is 4.99 Å².